The summed E-state index contributed by atoms with van der Waals surface area (Å²) in [5.41, 5.74) is 2.90. The van der Waals surface area contributed by atoms with Crippen molar-refractivity contribution in [1.29, 1.82) is 0 Å². The van der Waals surface area contributed by atoms with Gasteiger partial charge in [-0.15, -0.1) is 0 Å². The first-order chi connectivity index (χ1) is 15.3. The van der Waals surface area contributed by atoms with Gasteiger partial charge in [0.15, 0.2) is 9.84 Å². The minimum atomic E-state index is -3.87. The molecule has 0 saturated heterocycles. The molecule has 1 amide bonds. The average molecular weight is 452 g/mol. The third-order valence-electron chi connectivity index (χ3n) is 5.24. The number of benzene rings is 2. The summed E-state index contributed by atoms with van der Waals surface area (Å²) in [7, 11) is -3.87. The molecule has 32 heavy (non-hydrogen) atoms. The van der Waals surface area contributed by atoms with Gasteiger partial charge < -0.3 is 9.72 Å². The summed E-state index contributed by atoms with van der Waals surface area (Å²) < 4.78 is 41.7. The second kappa shape index (κ2) is 8.92. The van der Waals surface area contributed by atoms with E-state index in [-0.39, 0.29) is 23.8 Å². The molecule has 4 rings (SSSR count). The van der Waals surface area contributed by atoms with Crippen LogP contribution in [0.4, 0.5) is 4.39 Å². The lowest BCUT2D eigenvalue weighted by atomic mass is 10.1. The lowest BCUT2D eigenvalue weighted by molar-refractivity contribution is -0.120. The molecular formula is C24H22FN3O3S. The van der Waals surface area contributed by atoms with E-state index in [1.54, 1.807) is 36.5 Å². The van der Waals surface area contributed by atoms with Crippen LogP contribution in [0.1, 0.15) is 22.1 Å². The lowest BCUT2D eigenvalue weighted by Gasteiger charge is -2.19. The molecule has 6 nitrogen and oxygen atoms in total. The van der Waals surface area contributed by atoms with Crippen LogP contribution >= 0.6 is 0 Å². The first kappa shape index (κ1) is 21.7. The normalized spacial score (nSPS) is 12.6. The summed E-state index contributed by atoms with van der Waals surface area (Å²) in [6.45, 7) is 1.83. The number of pyridine rings is 1. The van der Waals surface area contributed by atoms with Crippen molar-refractivity contribution in [2.75, 3.05) is 6.54 Å². The maximum absolute atomic E-state index is 13.3. The van der Waals surface area contributed by atoms with Gasteiger partial charge in [-0.2, -0.15) is 0 Å². The zero-order valence-electron chi connectivity index (χ0n) is 17.4. The van der Waals surface area contributed by atoms with Gasteiger partial charge in [0.1, 0.15) is 16.7 Å². The largest absolute Gasteiger partial charge is 0.354 e. The van der Waals surface area contributed by atoms with E-state index in [0.29, 0.717) is 11.3 Å². The molecule has 0 saturated carbocycles. The number of aryl methyl sites for hydroxylation is 1. The van der Waals surface area contributed by atoms with Gasteiger partial charge in [0.05, 0.1) is 17.0 Å². The fraction of sp³-hybridized carbons (Fsp3) is 0.167. The van der Waals surface area contributed by atoms with Crippen LogP contribution in [0.15, 0.2) is 84.0 Å². The first-order valence-corrected chi connectivity index (χ1v) is 11.6. The number of hydrogen-bond donors (Lipinski definition) is 1. The summed E-state index contributed by atoms with van der Waals surface area (Å²) in [5.74, 6) is -0.850. The minimum absolute atomic E-state index is 0.00201. The van der Waals surface area contributed by atoms with Crippen LogP contribution in [0.3, 0.4) is 0 Å². The number of halogens is 1. The van der Waals surface area contributed by atoms with E-state index < -0.39 is 20.9 Å². The van der Waals surface area contributed by atoms with Crippen molar-refractivity contribution in [2.24, 2.45) is 0 Å². The van der Waals surface area contributed by atoms with Crippen molar-refractivity contribution in [3.63, 3.8) is 0 Å². The second-order valence-corrected chi connectivity index (χ2v) is 9.66. The molecule has 1 atom stereocenters. The third kappa shape index (κ3) is 4.55. The van der Waals surface area contributed by atoms with E-state index in [9.17, 15) is 17.6 Å². The molecule has 164 valence electrons. The Morgan fingerprint density at radius 1 is 1.06 bits per heavy atom. The van der Waals surface area contributed by atoms with E-state index in [1.165, 1.54) is 12.1 Å². The summed E-state index contributed by atoms with van der Waals surface area (Å²) in [6, 6.07) is 17.2. The molecule has 1 N–H and O–H groups in total. The Hall–Kier alpha value is -3.52. The van der Waals surface area contributed by atoms with Gasteiger partial charge in [-0.1, -0.05) is 36.4 Å². The van der Waals surface area contributed by atoms with Crippen LogP contribution in [0.25, 0.3) is 5.65 Å². The molecule has 2 heterocycles. The average Bonchev–Trinajstić information content (AvgIpc) is 3.18. The van der Waals surface area contributed by atoms with E-state index in [1.807, 2.05) is 29.7 Å². The fourth-order valence-corrected chi connectivity index (χ4v) is 5.25. The SMILES string of the molecule is Cc1cccn2cc(CC(=O)NCC(c3ccccc3)S(=O)(=O)c3ccc(F)cc3)nc12. The first-order valence-electron chi connectivity index (χ1n) is 10.1. The predicted molar refractivity (Wildman–Crippen MR) is 119 cm³/mol. The number of rotatable bonds is 7. The zero-order valence-corrected chi connectivity index (χ0v) is 18.2. The number of carbonyl (C=O) groups is 1. The van der Waals surface area contributed by atoms with Crippen LogP contribution in [-0.2, 0) is 21.1 Å². The Kier molecular flexibility index (Phi) is 6.05. The van der Waals surface area contributed by atoms with Crippen LogP contribution in [0.5, 0.6) is 0 Å². The Morgan fingerprint density at radius 3 is 2.47 bits per heavy atom. The van der Waals surface area contributed by atoms with E-state index in [2.05, 4.69) is 10.3 Å². The summed E-state index contributed by atoms with van der Waals surface area (Å²) in [4.78, 5) is 17.1. The number of carbonyl (C=O) groups excluding carboxylic acids is 1. The third-order valence-corrected chi connectivity index (χ3v) is 7.36. The minimum Gasteiger partial charge on any atom is -0.354 e. The van der Waals surface area contributed by atoms with Gasteiger partial charge in [-0.05, 0) is 48.4 Å². The van der Waals surface area contributed by atoms with Crippen molar-refractivity contribution in [1.82, 2.24) is 14.7 Å². The van der Waals surface area contributed by atoms with Crippen LogP contribution in [-0.4, -0.2) is 30.3 Å². The standard InChI is InChI=1S/C24H22FN3O3S/c1-17-6-5-13-28-16-20(27-24(17)28)14-23(29)26-15-22(18-7-3-2-4-8-18)32(30,31)21-11-9-19(25)10-12-21/h2-13,16,22H,14-15H2,1H3,(H,26,29). The molecule has 0 radical (unpaired) electrons. The molecule has 0 bridgehead atoms. The number of nitrogens with zero attached hydrogens (tertiary/aromatic N) is 2. The molecule has 0 aliphatic rings. The highest BCUT2D eigenvalue weighted by atomic mass is 32.2. The number of fused-ring (bicyclic) bond motifs is 1. The highest BCUT2D eigenvalue weighted by Crippen LogP contribution is 2.28. The molecule has 1 unspecified atom stereocenters. The van der Waals surface area contributed by atoms with Gasteiger partial charge in [0, 0.05) is 18.9 Å². The Bertz CT molecular complexity index is 1350. The number of amides is 1. The Labute approximate surface area is 185 Å². The van der Waals surface area contributed by atoms with E-state index in [4.69, 9.17) is 0 Å². The molecule has 0 spiro atoms. The van der Waals surface area contributed by atoms with Crippen LogP contribution < -0.4 is 5.32 Å². The highest BCUT2D eigenvalue weighted by Gasteiger charge is 2.29. The number of aromatic nitrogens is 2. The maximum atomic E-state index is 13.3. The molecule has 0 aliphatic heterocycles. The molecule has 0 fully saturated rings. The van der Waals surface area contributed by atoms with Crippen LogP contribution in [0.2, 0.25) is 0 Å². The number of hydrogen-bond acceptors (Lipinski definition) is 4. The molecule has 0 aliphatic carbocycles. The molecule has 2 aromatic heterocycles. The monoisotopic (exact) mass is 451 g/mol. The van der Waals surface area contributed by atoms with E-state index >= 15 is 0 Å². The number of sulfone groups is 1. The van der Waals surface area contributed by atoms with Gasteiger partial charge in [-0.3, -0.25) is 4.79 Å². The number of imidazole rings is 1. The van der Waals surface area contributed by atoms with Gasteiger partial charge in [-0.25, -0.2) is 17.8 Å². The van der Waals surface area contributed by atoms with Gasteiger partial charge >= 0.3 is 0 Å². The topological polar surface area (TPSA) is 80.5 Å². The van der Waals surface area contributed by atoms with E-state index in [0.717, 1.165) is 23.3 Å². The van der Waals surface area contributed by atoms with Crippen molar-refractivity contribution in [2.45, 2.75) is 23.5 Å². The van der Waals surface area contributed by atoms with Crippen molar-refractivity contribution >= 4 is 21.4 Å². The lowest BCUT2D eigenvalue weighted by Crippen LogP contribution is -2.33. The Morgan fingerprint density at radius 2 is 1.78 bits per heavy atom. The summed E-state index contributed by atoms with van der Waals surface area (Å²) in [5, 5.41) is 1.72. The van der Waals surface area contributed by atoms with Crippen molar-refractivity contribution in [3.8, 4) is 0 Å². The molecule has 4 aromatic rings. The summed E-state index contributed by atoms with van der Waals surface area (Å²) >= 11 is 0. The number of nitrogens with one attached hydrogen (secondary N) is 1. The zero-order chi connectivity index (χ0) is 22.7. The molecule has 2 aromatic carbocycles. The Balaban J connectivity index is 1.54. The smallest absolute Gasteiger partial charge is 0.226 e. The second-order valence-electron chi connectivity index (χ2n) is 7.53. The quantitative estimate of drug-likeness (QED) is 0.435. The highest BCUT2D eigenvalue weighted by molar-refractivity contribution is 7.91. The van der Waals surface area contributed by atoms with Gasteiger partial charge in [0.2, 0.25) is 5.91 Å². The fourth-order valence-electron chi connectivity index (χ4n) is 3.59. The predicted octanol–water partition coefficient (Wildman–Crippen LogP) is 3.66. The van der Waals surface area contributed by atoms with Crippen molar-refractivity contribution in [3.05, 3.63) is 102 Å². The van der Waals surface area contributed by atoms with Crippen molar-refractivity contribution < 1.29 is 17.6 Å². The van der Waals surface area contributed by atoms with Crippen LogP contribution in [0, 0.1) is 12.7 Å². The maximum Gasteiger partial charge on any atom is 0.226 e. The molecular weight excluding hydrogens is 429 g/mol. The molecule has 8 heteroatoms. The summed E-state index contributed by atoms with van der Waals surface area (Å²) in [6.07, 6.45) is 3.67. The van der Waals surface area contributed by atoms with Gasteiger partial charge in [0.25, 0.3) is 0 Å².